The highest BCUT2D eigenvalue weighted by Gasteiger charge is 2.19. The van der Waals surface area contributed by atoms with Gasteiger partial charge < -0.3 is 13.7 Å². The van der Waals surface area contributed by atoms with Crippen molar-refractivity contribution in [3.63, 3.8) is 0 Å². The molecule has 0 N–H and O–H groups in total. The number of aromatic nitrogens is 2. The standard InChI is InChI=1S/C19H15FN2O3/c1-22-10-13(12-5-3-4-6-15(12)22)19-21-14-8-7-11(9-16(23)24-2)17(20)18(14)25-19/h3-8,10H,9H2,1-2H3. The minimum absolute atomic E-state index is 0.0457. The van der Waals surface area contributed by atoms with Gasteiger partial charge in [0.2, 0.25) is 5.89 Å². The molecule has 2 aromatic heterocycles. The molecule has 0 radical (unpaired) electrons. The van der Waals surface area contributed by atoms with Gasteiger partial charge >= 0.3 is 5.97 Å². The molecular formula is C19H15FN2O3. The highest BCUT2D eigenvalue weighted by Crippen LogP contribution is 2.33. The van der Waals surface area contributed by atoms with Crippen molar-refractivity contribution in [2.24, 2.45) is 7.05 Å². The van der Waals surface area contributed by atoms with E-state index in [2.05, 4.69) is 9.72 Å². The Labute approximate surface area is 142 Å². The molecule has 0 aliphatic carbocycles. The molecule has 6 heteroatoms. The lowest BCUT2D eigenvalue weighted by Crippen LogP contribution is -2.06. The van der Waals surface area contributed by atoms with E-state index >= 15 is 0 Å². The van der Waals surface area contributed by atoms with Gasteiger partial charge in [0.15, 0.2) is 11.4 Å². The predicted octanol–water partition coefficient (Wildman–Crippen LogP) is 3.84. The quantitative estimate of drug-likeness (QED) is 0.533. The van der Waals surface area contributed by atoms with E-state index in [1.165, 1.54) is 13.2 Å². The summed E-state index contributed by atoms with van der Waals surface area (Å²) in [5.74, 6) is -0.741. The zero-order chi connectivity index (χ0) is 17.6. The average Bonchev–Trinajstić information content (AvgIpc) is 3.19. The van der Waals surface area contributed by atoms with Crippen LogP contribution in [-0.2, 0) is 23.0 Å². The van der Waals surface area contributed by atoms with Crippen molar-refractivity contribution in [3.05, 3.63) is 54.0 Å². The molecule has 0 unspecified atom stereocenters. The molecule has 5 nitrogen and oxygen atoms in total. The number of methoxy groups -OCH3 is 1. The van der Waals surface area contributed by atoms with Crippen molar-refractivity contribution in [3.8, 4) is 11.5 Å². The van der Waals surface area contributed by atoms with E-state index in [9.17, 15) is 9.18 Å². The predicted molar refractivity (Wildman–Crippen MR) is 91.6 cm³/mol. The van der Waals surface area contributed by atoms with Gasteiger partial charge in [0.05, 0.1) is 19.1 Å². The number of aryl methyl sites for hydroxylation is 1. The molecule has 0 aliphatic heterocycles. The molecule has 0 saturated carbocycles. The fourth-order valence-corrected chi connectivity index (χ4v) is 2.99. The number of benzene rings is 2. The van der Waals surface area contributed by atoms with Crippen molar-refractivity contribution < 1.29 is 18.3 Å². The number of hydrogen-bond donors (Lipinski definition) is 0. The molecule has 0 saturated heterocycles. The van der Waals surface area contributed by atoms with Crippen LogP contribution in [0.5, 0.6) is 0 Å². The van der Waals surface area contributed by atoms with E-state index in [1.54, 1.807) is 6.07 Å². The highest BCUT2D eigenvalue weighted by atomic mass is 19.1. The van der Waals surface area contributed by atoms with E-state index in [0.717, 1.165) is 16.5 Å². The van der Waals surface area contributed by atoms with Crippen LogP contribution in [0.3, 0.4) is 0 Å². The Balaban J connectivity index is 1.86. The molecule has 0 bridgehead atoms. The number of rotatable bonds is 3. The van der Waals surface area contributed by atoms with Gasteiger partial charge in [-0.15, -0.1) is 0 Å². The molecule has 2 aromatic carbocycles. The lowest BCUT2D eigenvalue weighted by molar-refractivity contribution is -0.139. The molecule has 0 atom stereocenters. The van der Waals surface area contributed by atoms with Crippen LogP contribution in [0, 0.1) is 5.82 Å². The van der Waals surface area contributed by atoms with Crippen LogP contribution >= 0.6 is 0 Å². The van der Waals surface area contributed by atoms with E-state index < -0.39 is 11.8 Å². The summed E-state index contributed by atoms with van der Waals surface area (Å²) in [5, 5.41) is 0.978. The smallest absolute Gasteiger partial charge is 0.310 e. The maximum atomic E-state index is 14.7. The van der Waals surface area contributed by atoms with Gasteiger partial charge in [-0.05, 0) is 12.1 Å². The van der Waals surface area contributed by atoms with Crippen LogP contribution in [0.25, 0.3) is 33.5 Å². The van der Waals surface area contributed by atoms with Gasteiger partial charge in [-0.1, -0.05) is 24.3 Å². The van der Waals surface area contributed by atoms with Crippen molar-refractivity contribution in [1.29, 1.82) is 0 Å². The molecule has 4 rings (SSSR count). The van der Waals surface area contributed by atoms with Crippen LogP contribution in [0.4, 0.5) is 4.39 Å². The number of hydrogen-bond acceptors (Lipinski definition) is 4. The van der Waals surface area contributed by atoms with Crippen molar-refractivity contribution in [2.45, 2.75) is 6.42 Å². The summed E-state index contributed by atoms with van der Waals surface area (Å²) in [5.41, 5.74) is 2.51. The van der Waals surface area contributed by atoms with Gasteiger partial charge in [-0.3, -0.25) is 4.79 Å². The van der Waals surface area contributed by atoms with E-state index in [1.807, 2.05) is 42.1 Å². The summed E-state index contributed by atoms with van der Waals surface area (Å²) in [4.78, 5) is 15.8. The average molecular weight is 338 g/mol. The number of fused-ring (bicyclic) bond motifs is 2. The van der Waals surface area contributed by atoms with Gasteiger partial charge in [0.25, 0.3) is 0 Å². The normalized spacial score (nSPS) is 11.3. The second kappa shape index (κ2) is 5.73. The molecule has 25 heavy (non-hydrogen) atoms. The van der Waals surface area contributed by atoms with Gasteiger partial charge in [-0.25, -0.2) is 9.37 Å². The van der Waals surface area contributed by atoms with Crippen LogP contribution < -0.4 is 0 Å². The number of ether oxygens (including phenoxy) is 1. The minimum Gasteiger partial charge on any atom is -0.469 e. The van der Waals surface area contributed by atoms with Gasteiger partial charge in [0.1, 0.15) is 5.52 Å². The molecule has 0 fully saturated rings. The number of nitrogens with zero attached hydrogens (tertiary/aromatic N) is 2. The summed E-state index contributed by atoms with van der Waals surface area (Å²) in [7, 11) is 3.20. The van der Waals surface area contributed by atoms with Crippen LogP contribution in [0.2, 0.25) is 0 Å². The Bertz CT molecular complexity index is 1110. The molecule has 0 aliphatic rings. The van der Waals surface area contributed by atoms with Gasteiger partial charge in [-0.2, -0.15) is 0 Å². The highest BCUT2D eigenvalue weighted by molar-refractivity contribution is 5.95. The van der Waals surface area contributed by atoms with Crippen molar-refractivity contribution in [2.75, 3.05) is 7.11 Å². The van der Waals surface area contributed by atoms with Crippen LogP contribution in [-0.4, -0.2) is 22.6 Å². The van der Waals surface area contributed by atoms with Crippen LogP contribution in [0.15, 0.2) is 47.0 Å². The first-order valence-electron chi connectivity index (χ1n) is 7.77. The Hall–Kier alpha value is -3.15. The van der Waals surface area contributed by atoms with E-state index in [-0.39, 0.29) is 17.6 Å². The van der Waals surface area contributed by atoms with Crippen LogP contribution in [0.1, 0.15) is 5.56 Å². The third kappa shape index (κ3) is 2.46. The first kappa shape index (κ1) is 15.4. The summed E-state index contributed by atoms with van der Waals surface area (Å²) >= 11 is 0. The zero-order valence-electron chi connectivity index (χ0n) is 13.7. The number of halogens is 1. The largest absolute Gasteiger partial charge is 0.469 e. The number of carbonyl (C=O) groups is 1. The molecule has 4 aromatic rings. The lowest BCUT2D eigenvalue weighted by Gasteiger charge is -2.01. The summed E-state index contributed by atoms with van der Waals surface area (Å²) in [6.45, 7) is 0. The topological polar surface area (TPSA) is 57.3 Å². The third-order valence-electron chi connectivity index (χ3n) is 4.27. The summed E-state index contributed by atoms with van der Waals surface area (Å²) < 4.78 is 26.9. The molecule has 0 amide bonds. The third-order valence-corrected chi connectivity index (χ3v) is 4.27. The fraction of sp³-hybridized carbons (Fsp3) is 0.158. The Morgan fingerprint density at radius 1 is 1.28 bits per heavy atom. The maximum Gasteiger partial charge on any atom is 0.310 e. The summed E-state index contributed by atoms with van der Waals surface area (Å²) in [6, 6.07) is 11.0. The Kier molecular flexibility index (Phi) is 3.53. The van der Waals surface area contributed by atoms with E-state index in [0.29, 0.717) is 11.4 Å². The molecule has 2 heterocycles. The summed E-state index contributed by atoms with van der Waals surface area (Å²) in [6.07, 6.45) is 1.76. The first-order valence-corrected chi connectivity index (χ1v) is 7.77. The number of carbonyl (C=O) groups excluding carboxylic acids is 1. The van der Waals surface area contributed by atoms with Crippen molar-refractivity contribution >= 4 is 28.0 Å². The van der Waals surface area contributed by atoms with Gasteiger partial charge in [0, 0.05) is 29.7 Å². The molecule has 0 spiro atoms. The number of esters is 1. The fourth-order valence-electron chi connectivity index (χ4n) is 2.99. The van der Waals surface area contributed by atoms with E-state index in [4.69, 9.17) is 4.42 Å². The Morgan fingerprint density at radius 2 is 2.08 bits per heavy atom. The number of para-hydroxylation sites is 1. The monoisotopic (exact) mass is 338 g/mol. The van der Waals surface area contributed by atoms with Crippen molar-refractivity contribution in [1.82, 2.24) is 9.55 Å². The SMILES string of the molecule is COC(=O)Cc1ccc2nc(-c3cn(C)c4ccccc34)oc2c1F. The minimum atomic E-state index is -0.582. The Morgan fingerprint density at radius 3 is 2.88 bits per heavy atom. The lowest BCUT2D eigenvalue weighted by atomic mass is 10.1. The maximum absolute atomic E-state index is 14.7. The molecule has 126 valence electrons. The second-order valence-corrected chi connectivity index (χ2v) is 5.83. The second-order valence-electron chi connectivity index (χ2n) is 5.83. The first-order chi connectivity index (χ1) is 12.1. The zero-order valence-corrected chi connectivity index (χ0v) is 13.7. The molecular weight excluding hydrogens is 323 g/mol. The number of oxazole rings is 1.